The Balaban J connectivity index is 5.01. The minimum atomic E-state index is -1.07. The van der Waals surface area contributed by atoms with Gasteiger partial charge in [0, 0.05) is 12.1 Å². The molecule has 0 radical (unpaired) electrons. The van der Waals surface area contributed by atoms with Crippen LogP contribution in [-0.4, -0.2) is 29.1 Å². The van der Waals surface area contributed by atoms with Gasteiger partial charge < -0.3 is 16.2 Å². The van der Waals surface area contributed by atoms with E-state index in [1.807, 2.05) is 0 Å². The largest absolute Gasteiger partial charge is 0.481 e. The summed E-state index contributed by atoms with van der Waals surface area (Å²) in [6, 6.07) is 0. The van der Waals surface area contributed by atoms with Gasteiger partial charge in [0.15, 0.2) is 0 Å². The molecule has 5 nitrogen and oxygen atoms in total. The normalized spacial score (nSPS) is 14.8. The van der Waals surface area contributed by atoms with Crippen LogP contribution in [-0.2, 0) is 9.59 Å². The van der Waals surface area contributed by atoms with Gasteiger partial charge >= 0.3 is 5.97 Å². The van der Waals surface area contributed by atoms with Crippen molar-refractivity contribution in [1.82, 2.24) is 5.32 Å². The van der Waals surface area contributed by atoms with Crippen LogP contribution < -0.4 is 11.1 Å². The molecule has 0 aliphatic carbocycles. The summed E-state index contributed by atoms with van der Waals surface area (Å²) in [6.45, 7) is 13.1. The van der Waals surface area contributed by atoms with Gasteiger partial charge in [-0.1, -0.05) is 20.8 Å². The summed E-state index contributed by atoms with van der Waals surface area (Å²) in [6.07, 6.45) is 0.666. The molecule has 1 unspecified atom stereocenters. The molecule has 0 heterocycles. The maximum absolute atomic E-state index is 12.4. The van der Waals surface area contributed by atoms with Gasteiger partial charge in [0.2, 0.25) is 5.91 Å². The Morgan fingerprint density at radius 3 is 1.85 bits per heavy atom. The first-order valence-corrected chi connectivity index (χ1v) is 7.00. The molecule has 0 rings (SSSR count). The first kappa shape index (κ1) is 18.9. The Bertz CT molecular complexity index is 368. The van der Waals surface area contributed by atoms with Crippen LogP contribution in [0.5, 0.6) is 0 Å². The quantitative estimate of drug-likeness (QED) is 0.696. The number of rotatable bonds is 6. The highest BCUT2D eigenvalue weighted by Crippen LogP contribution is 2.32. The minimum Gasteiger partial charge on any atom is -0.481 e. The molecule has 5 heteroatoms. The number of aliphatic carboxylic acids is 1. The number of carbonyl (C=O) groups excluding carboxylic acids is 1. The van der Waals surface area contributed by atoms with Crippen LogP contribution in [0.25, 0.3) is 0 Å². The number of hydrogen-bond acceptors (Lipinski definition) is 3. The second kappa shape index (κ2) is 6.12. The Morgan fingerprint density at radius 1 is 1.10 bits per heavy atom. The lowest BCUT2D eigenvalue weighted by Crippen LogP contribution is -2.58. The van der Waals surface area contributed by atoms with Crippen LogP contribution >= 0.6 is 0 Å². The van der Waals surface area contributed by atoms with Gasteiger partial charge in [0.1, 0.15) is 0 Å². The zero-order chi connectivity index (χ0) is 16.4. The summed E-state index contributed by atoms with van der Waals surface area (Å²) < 4.78 is 0. The smallest absolute Gasteiger partial charge is 0.311 e. The fourth-order valence-electron chi connectivity index (χ4n) is 1.86. The molecule has 118 valence electrons. The molecule has 0 aromatic heterocycles. The SMILES string of the molecule is CC(C)(C)CC(CN)C(=O)NC(C)(C)C(C)(C)C(=O)O. The minimum absolute atomic E-state index is 0.00612. The van der Waals surface area contributed by atoms with Crippen LogP contribution in [0.4, 0.5) is 0 Å². The van der Waals surface area contributed by atoms with Crippen molar-refractivity contribution in [2.45, 2.75) is 60.4 Å². The molecule has 20 heavy (non-hydrogen) atoms. The molecule has 1 amide bonds. The molecule has 0 aliphatic heterocycles. The van der Waals surface area contributed by atoms with Gasteiger partial charge in [-0.15, -0.1) is 0 Å². The third-order valence-electron chi connectivity index (χ3n) is 4.05. The van der Waals surface area contributed by atoms with Crippen LogP contribution in [0, 0.1) is 16.7 Å². The molecule has 4 N–H and O–H groups in total. The lowest BCUT2D eigenvalue weighted by Gasteiger charge is -2.40. The zero-order valence-electron chi connectivity index (χ0n) is 13.8. The van der Waals surface area contributed by atoms with Gasteiger partial charge in [0.25, 0.3) is 0 Å². The number of hydrogen-bond donors (Lipinski definition) is 3. The third kappa shape index (κ3) is 4.78. The van der Waals surface area contributed by atoms with Gasteiger partial charge in [-0.3, -0.25) is 9.59 Å². The van der Waals surface area contributed by atoms with E-state index in [-0.39, 0.29) is 23.8 Å². The van der Waals surface area contributed by atoms with Crippen LogP contribution in [0.3, 0.4) is 0 Å². The molecule has 0 spiro atoms. The number of nitrogens with one attached hydrogen (secondary N) is 1. The predicted molar refractivity (Wildman–Crippen MR) is 80.3 cm³/mol. The van der Waals surface area contributed by atoms with E-state index in [9.17, 15) is 14.7 Å². The average Bonchev–Trinajstić information content (AvgIpc) is 2.23. The maximum atomic E-state index is 12.4. The van der Waals surface area contributed by atoms with Crippen molar-refractivity contribution in [2.24, 2.45) is 22.5 Å². The van der Waals surface area contributed by atoms with Crippen LogP contribution in [0.1, 0.15) is 54.9 Å². The number of carbonyl (C=O) groups is 2. The van der Waals surface area contributed by atoms with Gasteiger partial charge in [0.05, 0.1) is 11.3 Å². The van der Waals surface area contributed by atoms with Gasteiger partial charge in [-0.25, -0.2) is 0 Å². The summed E-state index contributed by atoms with van der Waals surface area (Å²) in [5.74, 6) is -1.43. The Kier molecular flexibility index (Phi) is 5.78. The summed E-state index contributed by atoms with van der Waals surface area (Å²) in [4.78, 5) is 23.7. The van der Waals surface area contributed by atoms with E-state index in [2.05, 4.69) is 26.1 Å². The van der Waals surface area contributed by atoms with Crippen molar-refractivity contribution in [1.29, 1.82) is 0 Å². The van der Waals surface area contributed by atoms with Gasteiger partial charge in [-0.05, 0) is 39.5 Å². The predicted octanol–water partition coefficient (Wildman–Crippen LogP) is 2.00. The molecule has 0 fully saturated rings. The molecule has 0 aromatic rings. The van der Waals surface area contributed by atoms with E-state index in [4.69, 9.17) is 5.73 Å². The topological polar surface area (TPSA) is 92.4 Å². The molecular weight excluding hydrogens is 256 g/mol. The second-order valence-corrected chi connectivity index (χ2v) is 7.74. The zero-order valence-corrected chi connectivity index (χ0v) is 13.8. The maximum Gasteiger partial charge on any atom is 0.311 e. The van der Waals surface area contributed by atoms with E-state index >= 15 is 0 Å². The Labute approximate surface area is 122 Å². The first-order chi connectivity index (χ1) is 8.74. The Morgan fingerprint density at radius 2 is 1.55 bits per heavy atom. The fraction of sp³-hybridized carbons (Fsp3) is 0.867. The third-order valence-corrected chi connectivity index (χ3v) is 4.05. The Hall–Kier alpha value is -1.10. The number of nitrogens with two attached hydrogens (primary N) is 1. The summed E-state index contributed by atoms with van der Waals surface area (Å²) in [5, 5.41) is 12.1. The number of amides is 1. The summed E-state index contributed by atoms with van der Waals surface area (Å²) in [5.41, 5.74) is 3.76. The highest BCUT2D eigenvalue weighted by molar-refractivity contribution is 5.82. The monoisotopic (exact) mass is 286 g/mol. The van der Waals surface area contributed by atoms with Crippen molar-refractivity contribution < 1.29 is 14.7 Å². The molecule has 0 aliphatic rings. The van der Waals surface area contributed by atoms with Crippen molar-refractivity contribution in [2.75, 3.05) is 6.54 Å². The van der Waals surface area contributed by atoms with Crippen molar-refractivity contribution in [3.05, 3.63) is 0 Å². The highest BCUT2D eigenvalue weighted by Gasteiger charge is 2.45. The lowest BCUT2D eigenvalue weighted by atomic mass is 9.74. The molecular formula is C15H30N2O3. The van der Waals surface area contributed by atoms with E-state index < -0.39 is 16.9 Å². The van der Waals surface area contributed by atoms with Crippen molar-refractivity contribution in [3.63, 3.8) is 0 Å². The fourth-order valence-corrected chi connectivity index (χ4v) is 1.86. The lowest BCUT2D eigenvalue weighted by molar-refractivity contribution is -0.152. The van der Waals surface area contributed by atoms with E-state index in [0.717, 1.165) is 0 Å². The van der Waals surface area contributed by atoms with E-state index in [1.54, 1.807) is 27.7 Å². The van der Waals surface area contributed by atoms with Crippen molar-refractivity contribution in [3.8, 4) is 0 Å². The molecule has 1 atom stereocenters. The van der Waals surface area contributed by atoms with Gasteiger partial charge in [-0.2, -0.15) is 0 Å². The average molecular weight is 286 g/mol. The first-order valence-electron chi connectivity index (χ1n) is 7.00. The number of carboxylic acid groups (broad SMARTS) is 1. The van der Waals surface area contributed by atoms with E-state index in [1.165, 1.54) is 0 Å². The molecule has 0 bridgehead atoms. The van der Waals surface area contributed by atoms with Crippen LogP contribution in [0.15, 0.2) is 0 Å². The number of carboxylic acids is 1. The van der Waals surface area contributed by atoms with E-state index in [0.29, 0.717) is 6.42 Å². The summed E-state index contributed by atoms with van der Waals surface area (Å²) >= 11 is 0. The molecule has 0 saturated carbocycles. The molecule has 0 saturated heterocycles. The van der Waals surface area contributed by atoms with Crippen LogP contribution in [0.2, 0.25) is 0 Å². The second-order valence-electron chi connectivity index (χ2n) is 7.74. The standard InChI is InChI=1S/C15H30N2O3/c1-13(2,3)8-10(9-16)11(18)17-15(6,7)14(4,5)12(19)20/h10H,8-9,16H2,1-7H3,(H,17,18)(H,19,20). The highest BCUT2D eigenvalue weighted by atomic mass is 16.4. The van der Waals surface area contributed by atoms with Crippen molar-refractivity contribution >= 4 is 11.9 Å². The summed E-state index contributed by atoms with van der Waals surface area (Å²) in [7, 11) is 0. The molecule has 0 aromatic carbocycles.